The first-order valence-corrected chi connectivity index (χ1v) is 8.21. The largest absolute Gasteiger partial charge is 0.370 e. The van der Waals surface area contributed by atoms with E-state index >= 15 is 0 Å². The van der Waals surface area contributed by atoms with Gasteiger partial charge in [0.2, 0.25) is 0 Å². The van der Waals surface area contributed by atoms with Crippen molar-refractivity contribution < 1.29 is 0 Å². The van der Waals surface area contributed by atoms with Crippen molar-refractivity contribution in [2.45, 2.75) is 26.2 Å². The third-order valence-electron chi connectivity index (χ3n) is 3.74. The fourth-order valence-corrected chi connectivity index (χ4v) is 2.61. The van der Waals surface area contributed by atoms with Gasteiger partial charge in [-0.25, -0.2) is 4.98 Å². The Bertz CT molecular complexity index is 764. The van der Waals surface area contributed by atoms with E-state index in [9.17, 15) is 0 Å². The minimum atomic E-state index is 0.678. The van der Waals surface area contributed by atoms with Crippen LogP contribution in [0.3, 0.4) is 0 Å². The molecular weight excluding hydrogens is 286 g/mol. The molecule has 1 aromatic carbocycles. The Morgan fingerprint density at radius 2 is 2.00 bits per heavy atom. The first-order chi connectivity index (χ1) is 11.3. The molecule has 0 aliphatic carbocycles. The number of aryl methyl sites for hydroxylation is 1. The van der Waals surface area contributed by atoms with Gasteiger partial charge in [0.15, 0.2) is 5.65 Å². The summed E-state index contributed by atoms with van der Waals surface area (Å²) in [6.45, 7) is 3.68. The molecule has 0 unspecified atom stereocenters. The summed E-state index contributed by atoms with van der Waals surface area (Å²) in [5, 5.41) is 8.16. The predicted molar refractivity (Wildman–Crippen MR) is 94.6 cm³/mol. The Labute approximate surface area is 136 Å². The van der Waals surface area contributed by atoms with Crippen LogP contribution in [0.2, 0.25) is 0 Å². The zero-order chi connectivity index (χ0) is 16.1. The first kappa shape index (κ1) is 15.5. The highest BCUT2D eigenvalue weighted by Gasteiger charge is 2.10. The average Bonchev–Trinajstić information content (AvgIpc) is 3.00. The quantitative estimate of drug-likeness (QED) is 0.658. The van der Waals surface area contributed by atoms with E-state index in [-0.39, 0.29) is 0 Å². The molecule has 0 atom stereocenters. The summed E-state index contributed by atoms with van der Waals surface area (Å²) in [6.07, 6.45) is 2.97. The zero-order valence-electron chi connectivity index (χ0n) is 13.5. The monoisotopic (exact) mass is 309 g/mol. The number of benzene rings is 1. The number of nitrogens with one attached hydrogen (secondary N) is 1. The predicted octanol–water partition coefficient (Wildman–Crippen LogP) is 3.11. The molecule has 0 aliphatic heterocycles. The highest BCUT2D eigenvalue weighted by atomic mass is 15.3. The van der Waals surface area contributed by atoms with Gasteiger partial charge in [-0.2, -0.15) is 9.61 Å². The number of aromatic nitrogens is 3. The van der Waals surface area contributed by atoms with Gasteiger partial charge in [0.1, 0.15) is 5.82 Å². The molecule has 3 aromatic rings. The normalized spacial score (nSPS) is 11.0. The number of anilines is 1. The van der Waals surface area contributed by atoms with Crippen LogP contribution in [0.4, 0.5) is 5.82 Å². The number of nitrogens with two attached hydrogens (primary N) is 1. The molecule has 2 aromatic heterocycles. The Morgan fingerprint density at radius 1 is 1.17 bits per heavy atom. The van der Waals surface area contributed by atoms with E-state index in [1.165, 1.54) is 0 Å². The van der Waals surface area contributed by atoms with Crippen LogP contribution < -0.4 is 11.1 Å². The van der Waals surface area contributed by atoms with E-state index < -0.39 is 0 Å². The lowest BCUT2D eigenvalue weighted by molar-refractivity contribution is 0.835. The maximum Gasteiger partial charge on any atom is 0.158 e. The maximum absolute atomic E-state index is 5.59. The maximum atomic E-state index is 5.59. The SMILES string of the molecule is CCCc1cc(NCCCN)n2nc(-c3ccccc3)cc2n1. The van der Waals surface area contributed by atoms with Gasteiger partial charge in [-0.3, -0.25) is 0 Å². The smallest absolute Gasteiger partial charge is 0.158 e. The van der Waals surface area contributed by atoms with E-state index in [0.717, 1.165) is 54.2 Å². The summed E-state index contributed by atoms with van der Waals surface area (Å²) in [7, 11) is 0. The van der Waals surface area contributed by atoms with Crippen molar-refractivity contribution >= 4 is 11.5 Å². The van der Waals surface area contributed by atoms with Crippen LogP contribution in [0.15, 0.2) is 42.5 Å². The second kappa shape index (κ2) is 7.24. The Morgan fingerprint density at radius 3 is 2.74 bits per heavy atom. The average molecular weight is 309 g/mol. The van der Waals surface area contributed by atoms with Crippen molar-refractivity contribution in [2.24, 2.45) is 5.73 Å². The molecule has 0 saturated carbocycles. The lowest BCUT2D eigenvalue weighted by Gasteiger charge is -2.09. The number of hydrogen-bond donors (Lipinski definition) is 2. The van der Waals surface area contributed by atoms with E-state index in [1.54, 1.807) is 0 Å². The molecule has 0 spiro atoms. The van der Waals surface area contributed by atoms with Crippen molar-refractivity contribution in [1.29, 1.82) is 0 Å². The second-order valence-corrected chi connectivity index (χ2v) is 5.62. The van der Waals surface area contributed by atoms with Crippen LogP contribution in [0, 0.1) is 0 Å². The standard InChI is InChI=1S/C18H23N5/c1-2-7-15-12-17(20-11-6-10-19)23-18(21-15)13-16(22-23)14-8-4-3-5-9-14/h3-5,8-9,12-13,20H,2,6-7,10-11,19H2,1H3. The van der Waals surface area contributed by atoms with Gasteiger partial charge in [0.25, 0.3) is 0 Å². The number of rotatable bonds is 7. The molecule has 0 saturated heterocycles. The molecule has 23 heavy (non-hydrogen) atoms. The van der Waals surface area contributed by atoms with Crippen LogP contribution in [0.1, 0.15) is 25.5 Å². The van der Waals surface area contributed by atoms with E-state index in [4.69, 9.17) is 15.8 Å². The number of hydrogen-bond acceptors (Lipinski definition) is 4. The van der Waals surface area contributed by atoms with Gasteiger partial charge in [-0.1, -0.05) is 43.7 Å². The minimum absolute atomic E-state index is 0.678. The van der Waals surface area contributed by atoms with Gasteiger partial charge in [-0.15, -0.1) is 0 Å². The molecule has 5 nitrogen and oxygen atoms in total. The summed E-state index contributed by atoms with van der Waals surface area (Å²) in [5.74, 6) is 0.981. The molecule has 3 rings (SSSR count). The molecule has 0 aliphatic rings. The Hall–Kier alpha value is -2.40. The lowest BCUT2D eigenvalue weighted by atomic mass is 10.2. The zero-order valence-corrected chi connectivity index (χ0v) is 13.5. The highest BCUT2D eigenvalue weighted by molar-refractivity contribution is 5.65. The minimum Gasteiger partial charge on any atom is -0.370 e. The van der Waals surface area contributed by atoms with Crippen molar-refractivity contribution in [2.75, 3.05) is 18.4 Å². The topological polar surface area (TPSA) is 68.2 Å². The molecule has 120 valence electrons. The molecule has 2 heterocycles. The van der Waals surface area contributed by atoms with Gasteiger partial charge >= 0.3 is 0 Å². The van der Waals surface area contributed by atoms with Gasteiger partial charge in [0, 0.05) is 29.9 Å². The van der Waals surface area contributed by atoms with E-state index in [2.05, 4.69) is 30.4 Å². The van der Waals surface area contributed by atoms with Crippen LogP contribution in [-0.4, -0.2) is 27.7 Å². The van der Waals surface area contributed by atoms with Gasteiger partial charge in [-0.05, 0) is 19.4 Å². The molecular formula is C18H23N5. The van der Waals surface area contributed by atoms with Crippen LogP contribution in [0.25, 0.3) is 16.9 Å². The van der Waals surface area contributed by atoms with Crippen molar-refractivity contribution in [3.05, 3.63) is 48.2 Å². The summed E-state index contributed by atoms with van der Waals surface area (Å²) in [5.41, 5.74) is 9.60. The molecule has 0 fully saturated rings. The third kappa shape index (κ3) is 3.51. The van der Waals surface area contributed by atoms with Crippen molar-refractivity contribution in [3.8, 4) is 11.3 Å². The fraction of sp³-hybridized carbons (Fsp3) is 0.333. The van der Waals surface area contributed by atoms with Crippen LogP contribution in [-0.2, 0) is 6.42 Å². The Balaban J connectivity index is 2.02. The second-order valence-electron chi connectivity index (χ2n) is 5.62. The molecule has 0 bridgehead atoms. The van der Waals surface area contributed by atoms with Gasteiger partial charge < -0.3 is 11.1 Å². The fourth-order valence-electron chi connectivity index (χ4n) is 2.61. The van der Waals surface area contributed by atoms with Crippen molar-refractivity contribution in [1.82, 2.24) is 14.6 Å². The van der Waals surface area contributed by atoms with Crippen LogP contribution in [0.5, 0.6) is 0 Å². The summed E-state index contributed by atoms with van der Waals surface area (Å²) >= 11 is 0. The summed E-state index contributed by atoms with van der Waals surface area (Å²) in [6, 6.07) is 14.3. The summed E-state index contributed by atoms with van der Waals surface area (Å²) < 4.78 is 1.89. The number of fused-ring (bicyclic) bond motifs is 1. The molecule has 0 radical (unpaired) electrons. The third-order valence-corrected chi connectivity index (χ3v) is 3.74. The summed E-state index contributed by atoms with van der Waals surface area (Å²) in [4.78, 5) is 4.74. The Kier molecular flexibility index (Phi) is 4.88. The number of nitrogens with zero attached hydrogens (tertiary/aromatic N) is 3. The molecule has 5 heteroatoms. The van der Waals surface area contributed by atoms with Crippen LogP contribution >= 0.6 is 0 Å². The van der Waals surface area contributed by atoms with E-state index in [1.807, 2.05) is 28.8 Å². The van der Waals surface area contributed by atoms with Gasteiger partial charge in [0.05, 0.1) is 5.69 Å². The lowest BCUT2D eigenvalue weighted by Crippen LogP contribution is -2.12. The first-order valence-electron chi connectivity index (χ1n) is 8.21. The van der Waals surface area contributed by atoms with Crippen molar-refractivity contribution in [3.63, 3.8) is 0 Å². The highest BCUT2D eigenvalue weighted by Crippen LogP contribution is 2.22. The molecule has 0 amide bonds. The van der Waals surface area contributed by atoms with E-state index in [0.29, 0.717) is 6.54 Å². The molecule has 3 N–H and O–H groups in total.